The van der Waals surface area contributed by atoms with Crippen LogP contribution in [0.15, 0.2) is 78.9 Å². The summed E-state index contributed by atoms with van der Waals surface area (Å²) in [6.07, 6.45) is 0. The van der Waals surface area contributed by atoms with Gasteiger partial charge in [-0.3, -0.25) is 0 Å². The van der Waals surface area contributed by atoms with Crippen LogP contribution >= 0.6 is 0 Å². The third-order valence-corrected chi connectivity index (χ3v) is 3.80. The molecule has 0 N–H and O–H groups in total. The van der Waals surface area contributed by atoms with Crippen molar-refractivity contribution in [2.45, 2.75) is 0 Å². The fourth-order valence-electron chi connectivity index (χ4n) is 2.87. The van der Waals surface area contributed by atoms with Gasteiger partial charge in [0.05, 0.1) is 0 Å². The maximum atomic E-state index is 3.09. The molecule has 0 saturated heterocycles. The van der Waals surface area contributed by atoms with Crippen LogP contribution in [-0.4, -0.2) is 0 Å². The second-order valence-electron chi connectivity index (χ2n) is 4.98. The van der Waals surface area contributed by atoms with E-state index >= 15 is 0 Å². The molecule has 0 aromatic heterocycles. The van der Waals surface area contributed by atoms with E-state index in [4.69, 9.17) is 0 Å². The lowest BCUT2D eigenvalue weighted by molar-refractivity contribution is 1.65. The average Bonchev–Trinajstić information content (AvgIpc) is 2.55. The number of hydrogen-bond acceptors (Lipinski definition) is 0. The first-order valence-corrected chi connectivity index (χ1v) is 6.80. The molecule has 0 nitrogen and oxygen atoms in total. The van der Waals surface area contributed by atoms with Gasteiger partial charge in [-0.2, -0.15) is 0 Å². The lowest BCUT2D eigenvalue weighted by atomic mass is 9.94. The molecule has 4 aromatic carbocycles. The Labute approximate surface area is 118 Å². The summed E-state index contributed by atoms with van der Waals surface area (Å²) in [5.74, 6) is 0. The molecular weight excluding hydrogens is 240 g/mol. The lowest BCUT2D eigenvalue weighted by Crippen LogP contribution is -1.83. The van der Waals surface area contributed by atoms with Crippen molar-refractivity contribution in [2.75, 3.05) is 0 Å². The molecule has 0 saturated carbocycles. The van der Waals surface area contributed by atoms with Gasteiger partial charge in [0.2, 0.25) is 0 Å². The van der Waals surface area contributed by atoms with Gasteiger partial charge >= 0.3 is 0 Å². The van der Waals surface area contributed by atoms with Crippen molar-refractivity contribution in [3.8, 4) is 11.1 Å². The van der Waals surface area contributed by atoms with Gasteiger partial charge in [-0.05, 0) is 38.7 Å². The molecule has 0 fully saturated rings. The zero-order chi connectivity index (χ0) is 13.4. The number of fused-ring (bicyclic) bond motifs is 3. The Kier molecular flexibility index (Phi) is 2.53. The van der Waals surface area contributed by atoms with E-state index in [1.165, 1.54) is 32.7 Å². The maximum Gasteiger partial charge on any atom is -0.00268 e. The average molecular weight is 253 g/mol. The Morgan fingerprint density at radius 2 is 1.35 bits per heavy atom. The predicted octanol–water partition coefficient (Wildman–Crippen LogP) is 5.46. The highest BCUT2D eigenvalue weighted by molar-refractivity contribution is 6.14. The highest BCUT2D eigenvalue weighted by Gasteiger charge is 2.06. The van der Waals surface area contributed by atoms with Crippen molar-refractivity contribution in [2.24, 2.45) is 0 Å². The van der Waals surface area contributed by atoms with Crippen LogP contribution in [-0.2, 0) is 0 Å². The topological polar surface area (TPSA) is 0 Å². The molecule has 1 radical (unpaired) electrons. The number of benzene rings is 4. The monoisotopic (exact) mass is 253 g/mol. The van der Waals surface area contributed by atoms with Crippen molar-refractivity contribution in [3.05, 3.63) is 84.9 Å². The van der Waals surface area contributed by atoms with E-state index in [9.17, 15) is 0 Å². The molecule has 20 heavy (non-hydrogen) atoms. The van der Waals surface area contributed by atoms with E-state index in [-0.39, 0.29) is 0 Å². The number of hydrogen-bond donors (Lipinski definition) is 0. The first-order valence-electron chi connectivity index (χ1n) is 6.80. The predicted molar refractivity (Wildman–Crippen MR) is 85.7 cm³/mol. The zero-order valence-corrected chi connectivity index (χ0v) is 11.0. The van der Waals surface area contributed by atoms with Crippen molar-refractivity contribution >= 4 is 21.5 Å². The Morgan fingerprint density at radius 3 is 2.25 bits per heavy atom. The highest BCUT2D eigenvalue weighted by atomic mass is 14.1. The van der Waals surface area contributed by atoms with Gasteiger partial charge in [0.15, 0.2) is 0 Å². The molecule has 0 heterocycles. The van der Waals surface area contributed by atoms with Crippen LogP contribution in [0.3, 0.4) is 0 Å². The van der Waals surface area contributed by atoms with Crippen molar-refractivity contribution in [3.63, 3.8) is 0 Å². The molecule has 0 aliphatic carbocycles. The quantitative estimate of drug-likeness (QED) is 0.395. The Hall–Kier alpha value is -2.60. The normalized spacial score (nSPS) is 11.0. The third-order valence-electron chi connectivity index (χ3n) is 3.80. The number of rotatable bonds is 1. The van der Waals surface area contributed by atoms with Gasteiger partial charge < -0.3 is 0 Å². The van der Waals surface area contributed by atoms with Crippen molar-refractivity contribution in [1.29, 1.82) is 0 Å². The van der Waals surface area contributed by atoms with E-state index in [1.54, 1.807) is 0 Å². The summed E-state index contributed by atoms with van der Waals surface area (Å²) in [6.45, 7) is 0. The largest absolute Gasteiger partial charge is 0.0616 e. The molecule has 0 spiro atoms. The fourth-order valence-corrected chi connectivity index (χ4v) is 2.87. The lowest BCUT2D eigenvalue weighted by Gasteiger charge is -2.10. The first-order chi connectivity index (χ1) is 9.93. The highest BCUT2D eigenvalue weighted by Crippen LogP contribution is 2.33. The van der Waals surface area contributed by atoms with Gasteiger partial charge in [-0.15, -0.1) is 0 Å². The minimum atomic E-state index is 1.24. The molecule has 0 aliphatic rings. The van der Waals surface area contributed by atoms with E-state index < -0.39 is 0 Å². The van der Waals surface area contributed by atoms with Crippen LogP contribution in [0.4, 0.5) is 0 Å². The van der Waals surface area contributed by atoms with Gasteiger partial charge in [0, 0.05) is 0 Å². The summed E-state index contributed by atoms with van der Waals surface area (Å²) < 4.78 is 0. The summed E-state index contributed by atoms with van der Waals surface area (Å²) in [5.41, 5.74) is 2.53. The summed E-state index contributed by atoms with van der Waals surface area (Å²) >= 11 is 0. The van der Waals surface area contributed by atoms with E-state index in [0.29, 0.717) is 0 Å². The standard InChI is InChI=1S/C20H13/c1-2-7-15(8-3-1)19-12-6-10-17-14-13-16-9-4-5-11-18(16)20(17)19/h2-14H. The van der Waals surface area contributed by atoms with Gasteiger partial charge in [0.25, 0.3) is 0 Å². The molecule has 93 valence electrons. The minimum absolute atomic E-state index is 1.24. The van der Waals surface area contributed by atoms with Gasteiger partial charge in [-0.1, -0.05) is 78.9 Å². The zero-order valence-electron chi connectivity index (χ0n) is 11.0. The summed E-state index contributed by atoms with van der Waals surface area (Å²) in [4.78, 5) is 0. The van der Waals surface area contributed by atoms with Crippen LogP contribution in [0, 0.1) is 6.07 Å². The smallest absolute Gasteiger partial charge is 0.00268 e. The molecule has 0 aliphatic heterocycles. The van der Waals surface area contributed by atoms with Crippen molar-refractivity contribution in [1.82, 2.24) is 0 Å². The second kappa shape index (κ2) is 4.50. The Morgan fingerprint density at radius 1 is 0.600 bits per heavy atom. The van der Waals surface area contributed by atoms with E-state index in [2.05, 4.69) is 72.8 Å². The molecule has 4 rings (SSSR count). The molecule has 0 amide bonds. The van der Waals surface area contributed by atoms with E-state index in [1.807, 2.05) is 12.1 Å². The molecule has 0 heteroatoms. The SMILES string of the molecule is [c]1ccc(-c2cccc3ccc4ccccc4c23)cc1. The van der Waals surface area contributed by atoms with E-state index in [0.717, 1.165) is 0 Å². The van der Waals surface area contributed by atoms with Gasteiger partial charge in [-0.25, -0.2) is 0 Å². The third kappa shape index (κ3) is 1.70. The molecule has 0 atom stereocenters. The van der Waals surface area contributed by atoms with Crippen molar-refractivity contribution < 1.29 is 0 Å². The Balaban J connectivity index is 2.19. The fraction of sp³-hybridized carbons (Fsp3) is 0. The second-order valence-corrected chi connectivity index (χ2v) is 4.98. The first kappa shape index (κ1) is 11.2. The molecule has 4 aromatic rings. The van der Waals surface area contributed by atoms with Crippen LogP contribution in [0.5, 0.6) is 0 Å². The van der Waals surface area contributed by atoms with Crippen LogP contribution < -0.4 is 0 Å². The van der Waals surface area contributed by atoms with Crippen LogP contribution in [0.1, 0.15) is 0 Å². The summed E-state index contributed by atoms with van der Waals surface area (Å²) in [5, 5.41) is 5.22. The summed E-state index contributed by atoms with van der Waals surface area (Å²) in [6, 6.07) is 30.8. The van der Waals surface area contributed by atoms with Crippen LogP contribution in [0.2, 0.25) is 0 Å². The molecule has 0 bridgehead atoms. The summed E-state index contributed by atoms with van der Waals surface area (Å²) in [7, 11) is 0. The molecule has 0 unspecified atom stereocenters. The molecular formula is C20H13. The minimum Gasteiger partial charge on any atom is -0.0616 e. The maximum absolute atomic E-state index is 3.09. The van der Waals surface area contributed by atoms with Gasteiger partial charge in [0.1, 0.15) is 0 Å². The Bertz CT molecular complexity index is 889. The van der Waals surface area contributed by atoms with Crippen LogP contribution in [0.25, 0.3) is 32.7 Å².